The van der Waals surface area contributed by atoms with Gasteiger partial charge in [-0.1, -0.05) is 19.9 Å². The predicted molar refractivity (Wildman–Crippen MR) is 76.6 cm³/mol. The zero-order valence-electron chi connectivity index (χ0n) is 11.6. The number of rotatable bonds is 7. The number of benzene rings is 1. The van der Waals surface area contributed by atoms with Gasteiger partial charge >= 0.3 is 5.69 Å². The van der Waals surface area contributed by atoms with Crippen molar-refractivity contribution in [3.05, 3.63) is 28.3 Å². The van der Waals surface area contributed by atoms with Gasteiger partial charge < -0.3 is 15.7 Å². The van der Waals surface area contributed by atoms with Crippen LogP contribution in [0.2, 0.25) is 0 Å². The molecule has 0 aliphatic rings. The molecular formula is C13H21N3O3. The third kappa shape index (κ3) is 4.10. The summed E-state index contributed by atoms with van der Waals surface area (Å²) in [5.41, 5.74) is 0.671. The van der Waals surface area contributed by atoms with E-state index in [-0.39, 0.29) is 17.7 Å². The van der Waals surface area contributed by atoms with Crippen molar-refractivity contribution in [2.75, 3.05) is 30.3 Å². The van der Waals surface area contributed by atoms with Crippen LogP contribution in [0.4, 0.5) is 17.1 Å². The van der Waals surface area contributed by atoms with Crippen LogP contribution in [0.3, 0.4) is 0 Å². The van der Waals surface area contributed by atoms with Gasteiger partial charge in [0.1, 0.15) is 11.4 Å². The molecule has 0 aliphatic heterocycles. The SMILES string of the molecule is CCNc1cccc(NCC(C)(C)CO)c1[N+](=O)[O-]. The van der Waals surface area contributed by atoms with Crippen molar-refractivity contribution in [2.45, 2.75) is 20.8 Å². The molecule has 0 spiro atoms. The number of aliphatic hydroxyl groups excluding tert-OH is 1. The van der Waals surface area contributed by atoms with E-state index in [1.54, 1.807) is 18.2 Å². The minimum atomic E-state index is -0.397. The summed E-state index contributed by atoms with van der Waals surface area (Å²) in [6, 6.07) is 5.12. The van der Waals surface area contributed by atoms with Gasteiger partial charge in [-0.05, 0) is 19.1 Å². The molecule has 0 saturated heterocycles. The fraction of sp³-hybridized carbons (Fsp3) is 0.538. The molecule has 0 amide bonds. The van der Waals surface area contributed by atoms with Gasteiger partial charge in [0.15, 0.2) is 0 Å². The quantitative estimate of drug-likeness (QED) is 0.521. The fourth-order valence-electron chi connectivity index (χ4n) is 1.61. The average molecular weight is 267 g/mol. The highest BCUT2D eigenvalue weighted by Gasteiger charge is 2.22. The molecular weight excluding hydrogens is 246 g/mol. The third-order valence-corrected chi connectivity index (χ3v) is 2.77. The molecule has 0 fully saturated rings. The lowest BCUT2D eigenvalue weighted by molar-refractivity contribution is -0.383. The van der Waals surface area contributed by atoms with Crippen molar-refractivity contribution in [3.8, 4) is 0 Å². The minimum absolute atomic E-state index is 0.0146. The number of nitro benzene ring substituents is 1. The smallest absolute Gasteiger partial charge is 0.315 e. The number of nitrogens with one attached hydrogen (secondary N) is 2. The number of aliphatic hydroxyl groups is 1. The monoisotopic (exact) mass is 267 g/mol. The lowest BCUT2D eigenvalue weighted by Gasteiger charge is -2.22. The van der Waals surface area contributed by atoms with Crippen LogP contribution in [0.5, 0.6) is 0 Å². The molecule has 0 heterocycles. The average Bonchev–Trinajstić information content (AvgIpc) is 2.36. The van der Waals surface area contributed by atoms with Crippen molar-refractivity contribution in [2.24, 2.45) is 5.41 Å². The zero-order valence-corrected chi connectivity index (χ0v) is 11.6. The van der Waals surface area contributed by atoms with Crippen LogP contribution in [-0.2, 0) is 0 Å². The highest BCUT2D eigenvalue weighted by molar-refractivity contribution is 5.76. The summed E-state index contributed by atoms with van der Waals surface area (Å²) >= 11 is 0. The van der Waals surface area contributed by atoms with E-state index in [0.717, 1.165) is 0 Å². The number of anilines is 2. The number of hydrogen-bond acceptors (Lipinski definition) is 5. The third-order valence-electron chi connectivity index (χ3n) is 2.77. The molecule has 0 aromatic heterocycles. The Hall–Kier alpha value is -1.82. The van der Waals surface area contributed by atoms with E-state index in [2.05, 4.69) is 10.6 Å². The summed E-state index contributed by atoms with van der Waals surface area (Å²) in [5, 5.41) is 26.4. The summed E-state index contributed by atoms with van der Waals surface area (Å²) in [4.78, 5) is 10.8. The molecule has 0 saturated carbocycles. The molecule has 0 unspecified atom stereocenters. The van der Waals surface area contributed by atoms with Crippen molar-refractivity contribution >= 4 is 17.1 Å². The topological polar surface area (TPSA) is 87.4 Å². The molecule has 1 aromatic rings. The van der Waals surface area contributed by atoms with E-state index in [1.165, 1.54) is 0 Å². The second-order valence-corrected chi connectivity index (χ2v) is 5.17. The second kappa shape index (κ2) is 6.38. The van der Waals surface area contributed by atoms with E-state index >= 15 is 0 Å². The summed E-state index contributed by atoms with van der Waals surface area (Å²) in [6.45, 7) is 6.76. The maximum Gasteiger partial charge on any atom is 0.315 e. The zero-order chi connectivity index (χ0) is 14.5. The molecule has 0 radical (unpaired) electrons. The highest BCUT2D eigenvalue weighted by Crippen LogP contribution is 2.33. The van der Waals surface area contributed by atoms with Crippen LogP contribution in [-0.4, -0.2) is 29.7 Å². The first-order valence-corrected chi connectivity index (χ1v) is 6.27. The molecule has 3 N–H and O–H groups in total. The lowest BCUT2D eigenvalue weighted by atomic mass is 9.95. The Morgan fingerprint density at radius 1 is 1.32 bits per heavy atom. The molecule has 0 bridgehead atoms. The van der Waals surface area contributed by atoms with Gasteiger partial charge in [-0.15, -0.1) is 0 Å². The molecule has 19 heavy (non-hydrogen) atoms. The molecule has 6 nitrogen and oxygen atoms in total. The number of nitro groups is 1. The number of para-hydroxylation sites is 1. The van der Waals surface area contributed by atoms with Crippen molar-refractivity contribution < 1.29 is 10.0 Å². The Bertz CT molecular complexity index is 447. The van der Waals surface area contributed by atoms with E-state index < -0.39 is 4.92 Å². The Kier molecular flexibility index (Phi) is 5.11. The van der Waals surface area contributed by atoms with Crippen LogP contribution in [0.15, 0.2) is 18.2 Å². The molecule has 1 rings (SSSR count). The molecule has 1 aromatic carbocycles. The standard InChI is InChI=1S/C13H21N3O3/c1-4-14-10-6-5-7-11(12(10)16(18)19)15-8-13(2,3)9-17/h5-7,14-15,17H,4,8-9H2,1-3H3. The lowest BCUT2D eigenvalue weighted by Crippen LogP contribution is -2.27. The normalized spacial score (nSPS) is 11.2. The van der Waals surface area contributed by atoms with Crippen molar-refractivity contribution in [1.29, 1.82) is 0 Å². The first-order valence-electron chi connectivity index (χ1n) is 6.27. The Morgan fingerprint density at radius 3 is 2.37 bits per heavy atom. The van der Waals surface area contributed by atoms with E-state index in [0.29, 0.717) is 24.5 Å². The van der Waals surface area contributed by atoms with Gasteiger partial charge in [0.05, 0.1) is 4.92 Å². The van der Waals surface area contributed by atoms with Gasteiger partial charge in [0, 0.05) is 25.1 Å². The minimum Gasteiger partial charge on any atom is -0.396 e. The maximum absolute atomic E-state index is 11.2. The largest absolute Gasteiger partial charge is 0.396 e. The van der Waals surface area contributed by atoms with Gasteiger partial charge in [0.25, 0.3) is 0 Å². The Morgan fingerprint density at radius 2 is 1.89 bits per heavy atom. The fourth-order valence-corrected chi connectivity index (χ4v) is 1.61. The van der Waals surface area contributed by atoms with Crippen LogP contribution in [0.1, 0.15) is 20.8 Å². The van der Waals surface area contributed by atoms with Crippen molar-refractivity contribution in [3.63, 3.8) is 0 Å². The van der Waals surface area contributed by atoms with E-state index in [1.807, 2.05) is 20.8 Å². The first kappa shape index (κ1) is 15.2. The maximum atomic E-state index is 11.2. The number of hydrogen-bond donors (Lipinski definition) is 3. The molecule has 106 valence electrons. The summed E-state index contributed by atoms with van der Waals surface area (Å²) in [5.74, 6) is 0. The van der Waals surface area contributed by atoms with Gasteiger partial charge in [-0.25, -0.2) is 0 Å². The second-order valence-electron chi connectivity index (χ2n) is 5.17. The van der Waals surface area contributed by atoms with Gasteiger partial charge in [0.2, 0.25) is 0 Å². The summed E-state index contributed by atoms with van der Waals surface area (Å²) in [7, 11) is 0. The molecule has 0 atom stereocenters. The number of nitrogens with zero attached hydrogens (tertiary/aromatic N) is 1. The summed E-state index contributed by atoms with van der Waals surface area (Å²) < 4.78 is 0. The van der Waals surface area contributed by atoms with Crippen LogP contribution < -0.4 is 10.6 Å². The Labute approximate surface area is 113 Å². The van der Waals surface area contributed by atoms with E-state index in [9.17, 15) is 15.2 Å². The predicted octanol–water partition coefficient (Wildman–Crippen LogP) is 2.46. The Balaban J connectivity index is 3.00. The van der Waals surface area contributed by atoms with Gasteiger partial charge in [-0.3, -0.25) is 10.1 Å². The molecule has 6 heteroatoms. The van der Waals surface area contributed by atoms with E-state index in [4.69, 9.17) is 0 Å². The van der Waals surface area contributed by atoms with Gasteiger partial charge in [-0.2, -0.15) is 0 Å². The first-order chi connectivity index (χ1) is 8.91. The van der Waals surface area contributed by atoms with Crippen LogP contribution in [0, 0.1) is 15.5 Å². The molecule has 0 aliphatic carbocycles. The highest BCUT2D eigenvalue weighted by atomic mass is 16.6. The summed E-state index contributed by atoms with van der Waals surface area (Å²) in [6.07, 6.45) is 0. The van der Waals surface area contributed by atoms with Crippen molar-refractivity contribution in [1.82, 2.24) is 0 Å². The van der Waals surface area contributed by atoms with Crippen LogP contribution in [0.25, 0.3) is 0 Å². The van der Waals surface area contributed by atoms with Crippen LogP contribution >= 0.6 is 0 Å².